The van der Waals surface area contributed by atoms with Gasteiger partial charge in [-0.1, -0.05) is 30.3 Å². The molecule has 1 amide bonds. The fourth-order valence-corrected chi connectivity index (χ4v) is 2.89. The van der Waals surface area contributed by atoms with Gasteiger partial charge in [0.25, 0.3) is 5.91 Å². The van der Waals surface area contributed by atoms with Gasteiger partial charge in [-0.15, -0.1) is 0 Å². The second-order valence-corrected chi connectivity index (χ2v) is 6.42. The summed E-state index contributed by atoms with van der Waals surface area (Å²) in [6.45, 7) is 0.0123. The van der Waals surface area contributed by atoms with Crippen molar-refractivity contribution < 1.29 is 23.5 Å². The summed E-state index contributed by atoms with van der Waals surface area (Å²) < 4.78 is 23.4. The Morgan fingerprint density at radius 3 is 2.62 bits per heavy atom. The molecule has 0 heterocycles. The third-order valence-electron chi connectivity index (χ3n) is 3.41. The predicted molar refractivity (Wildman–Crippen MR) is 98.8 cm³/mol. The van der Waals surface area contributed by atoms with Crippen LogP contribution in [0.1, 0.15) is 15.9 Å². The molecule has 0 spiro atoms. The number of halogens is 1. The molecule has 26 heavy (non-hydrogen) atoms. The van der Waals surface area contributed by atoms with Crippen LogP contribution in [0.4, 0.5) is 4.39 Å². The molecule has 0 saturated heterocycles. The summed E-state index contributed by atoms with van der Waals surface area (Å²) in [5, 5.41) is 2.66. The second-order valence-electron chi connectivity index (χ2n) is 5.31. The molecule has 5 nitrogen and oxygen atoms in total. The lowest BCUT2D eigenvalue weighted by atomic mass is 10.2. The van der Waals surface area contributed by atoms with Crippen LogP contribution < -0.4 is 10.1 Å². The Morgan fingerprint density at radius 2 is 1.92 bits per heavy atom. The smallest absolute Gasteiger partial charge is 0.341 e. The molecule has 0 unspecified atom stereocenters. The Kier molecular flexibility index (Phi) is 7.95. The monoisotopic (exact) mass is 377 g/mol. The molecule has 0 fully saturated rings. The van der Waals surface area contributed by atoms with Crippen LogP contribution in [0, 0.1) is 5.82 Å². The maximum absolute atomic E-state index is 13.8. The van der Waals surface area contributed by atoms with Crippen LogP contribution in [0.5, 0.6) is 5.75 Å². The molecule has 0 saturated carbocycles. The number of benzene rings is 2. The van der Waals surface area contributed by atoms with Crippen molar-refractivity contribution in [1.29, 1.82) is 0 Å². The van der Waals surface area contributed by atoms with E-state index in [1.54, 1.807) is 11.8 Å². The van der Waals surface area contributed by atoms with E-state index in [9.17, 15) is 14.0 Å². The summed E-state index contributed by atoms with van der Waals surface area (Å²) in [7, 11) is 1.40. The Balaban J connectivity index is 1.64. The Labute approximate surface area is 155 Å². The summed E-state index contributed by atoms with van der Waals surface area (Å²) in [4.78, 5) is 23.5. The van der Waals surface area contributed by atoms with Gasteiger partial charge in [0, 0.05) is 24.1 Å². The SMILES string of the molecule is COc1ccc(C(=O)OCC(=O)NCCSCc2ccccc2)c(F)c1. The summed E-state index contributed by atoms with van der Waals surface area (Å²) in [5.74, 6) is -0.173. The number of amides is 1. The minimum absolute atomic E-state index is 0.239. The zero-order valence-electron chi connectivity index (χ0n) is 14.4. The Bertz CT molecular complexity index is 740. The number of nitrogens with one attached hydrogen (secondary N) is 1. The molecule has 0 aromatic heterocycles. The number of thioether (sulfide) groups is 1. The first-order chi connectivity index (χ1) is 12.6. The topological polar surface area (TPSA) is 64.6 Å². The first-order valence-corrected chi connectivity index (χ1v) is 9.14. The second kappa shape index (κ2) is 10.5. The molecule has 138 valence electrons. The number of esters is 1. The maximum atomic E-state index is 13.8. The van der Waals surface area contributed by atoms with Crippen molar-refractivity contribution in [3.05, 3.63) is 65.5 Å². The van der Waals surface area contributed by atoms with E-state index >= 15 is 0 Å². The van der Waals surface area contributed by atoms with Gasteiger partial charge < -0.3 is 14.8 Å². The van der Waals surface area contributed by atoms with Crippen molar-refractivity contribution in [2.45, 2.75) is 5.75 Å². The van der Waals surface area contributed by atoms with Crippen LogP contribution in [-0.2, 0) is 15.3 Å². The zero-order valence-corrected chi connectivity index (χ0v) is 15.2. The standard InChI is InChI=1S/C19H20FNO4S/c1-24-15-7-8-16(17(20)11-15)19(23)25-12-18(22)21-9-10-26-13-14-5-3-2-4-6-14/h2-8,11H,9-10,12-13H2,1H3,(H,21,22). The van der Waals surface area contributed by atoms with Gasteiger partial charge in [0.1, 0.15) is 11.6 Å². The number of carbonyl (C=O) groups excluding carboxylic acids is 2. The predicted octanol–water partition coefficient (Wildman–Crippen LogP) is 3.04. The van der Waals surface area contributed by atoms with E-state index in [2.05, 4.69) is 5.32 Å². The van der Waals surface area contributed by atoms with Gasteiger partial charge in [-0.25, -0.2) is 9.18 Å². The molecular formula is C19H20FNO4S. The van der Waals surface area contributed by atoms with Gasteiger partial charge in [-0.3, -0.25) is 4.79 Å². The van der Waals surface area contributed by atoms with Gasteiger partial charge in [0.15, 0.2) is 6.61 Å². The highest BCUT2D eigenvalue weighted by atomic mass is 32.2. The summed E-state index contributed by atoms with van der Waals surface area (Å²) in [6.07, 6.45) is 0. The number of hydrogen-bond acceptors (Lipinski definition) is 5. The van der Waals surface area contributed by atoms with Gasteiger partial charge in [-0.2, -0.15) is 11.8 Å². The number of methoxy groups -OCH3 is 1. The van der Waals surface area contributed by atoms with E-state index in [1.165, 1.54) is 24.8 Å². The molecule has 2 aromatic rings. The number of ether oxygens (including phenoxy) is 2. The minimum atomic E-state index is -0.890. The van der Waals surface area contributed by atoms with E-state index < -0.39 is 24.3 Å². The summed E-state index contributed by atoms with van der Waals surface area (Å²) in [6, 6.07) is 13.8. The molecule has 0 atom stereocenters. The van der Waals surface area contributed by atoms with Gasteiger partial charge >= 0.3 is 5.97 Å². The van der Waals surface area contributed by atoms with Crippen LogP contribution in [-0.4, -0.2) is 37.9 Å². The van der Waals surface area contributed by atoms with E-state index in [0.29, 0.717) is 12.3 Å². The van der Waals surface area contributed by atoms with Crippen LogP contribution in [0.25, 0.3) is 0 Å². The highest BCUT2D eigenvalue weighted by Gasteiger charge is 2.15. The number of carbonyl (C=O) groups is 2. The van der Waals surface area contributed by atoms with Gasteiger partial charge in [0.2, 0.25) is 0 Å². The van der Waals surface area contributed by atoms with E-state index in [4.69, 9.17) is 9.47 Å². The fourth-order valence-electron chi connectivity index (χ4n) is 2.08. The van der Waals surface area contributed by atoms with Crippen molar-refractivity contribution >= 4 is 23.6 Å². The molecule has 2 aromatic carbocycles. The first kappa shape index (κ1) is 19.8. The fraction of sp³-hybridized carbons (Fsp3) is 0.263. The Hall–Kier alpha value is -2.54. The van der Waals surface area contributed by atoms with Gasteiger partial charge in [-0.05, 0) is 17.7 Å². The zero-order chi connectivity index (χ0) is 18.8. The van der Waals surface area contributed by atoms with Crippen molar-refractivity contribution in [3.63, 3.8) is 0 Å². The van der Waals surface area contributed by atoms with Crippen molar-refractivity contribution in [2.75, 3.05) is 26.0 Å². The highest BCUT2D eigenvalue weighted by molar-refractivity contribution is 7.98. The largest absolute Gasteiger partial charge is 0.497 e. The minimum Gasteiger partial charge on any atom is -0.497 e. The lowest BCUT2D eigenvalue weighted by Gasteiger charge is -2.08. The molecule has 0 aliphatic heterocycles. The van der Waals surface area contributed by atoms with E-state index in [1.807, 2.05) is 30.3 Å². The molecule has 1 N–H and O–H groups in total. The number of rotatable bonds is 9. The third kappa shape index (κ3) is 6.40. The molecule has 2 rings (SSSR count). The molecule has 0 aliphatic carbocycles. The first-order valence-electron chi connectivity index (χ1n) is 7.99. The average molecular weight is 377 g/mol. The summed E-state index contributed by atoms with van der Waals surface area (Å²) in [5.41, 5.74) is 0.983. The molecule has 7 heteroatoms. The lowest BCUT2D eigenvalue weighted by Crippen LogP contribution is -2.30. The van der Waals surface area contributed by atoms with Gasteiger partial charge in [0.05, 0.1) is 12.7 Å². The maximum Gasteiger partial charge on any atom is 0.341 e. The van der Waals surface area contributed by atoms with Crippen molar-refractivity contribution in [3.8, 4) is 5.75 Å². The quantitative estimate of drug-likeness (QED) is 0.538. The molecule has 0 aliphatic rings. The lowest BCUT2D eigenvalue weighted by molar-refractivity contribution is -0.124. The average Bonchev–Trinajstić information content (AvgIpc) is 2.66. The molecular weight excluding hydrogens is 357 g/mol. The van der Waals surface area contributed by atoms with Crippen LogP contribution >= 0.6 is 11.8 Å². The van der Waals surface area contributed by atoms with Crippen LogP contribution in [0.15, 0.2) is 48.5 Å². The van der Waals surface area contributed by atoms with E-state index in [0.717, 1.165) is 17.6 Å². The normalized spacial score (nSPS) is 10.2. The summed E-state index contributed by atoms with van der Waals surface area (Å²) >= 11 is 1.69. The third-order valence-corrected chi connectivity index (χ3v) is 4.44. The highest BCUT2D eigenvalue weighted by Crippen LogP contribution is 2.17. The van der Waals surface area contributed by atoms with E-state index in [-0.39, 0.29) is 5.56 Å². The van der Waals surface area contributed by atoms with Crippen molar-refractivity contribution in [2.24, 2.45) is 0 Å². The van der Waals surface area contributed by atoms with Crippen LogP contribution in [0.2, 0.25) is 0 Å². The van der Waals surface area contributed by atoms with Crippen molar-refractivity contribution in [1.82, 2.24) is 5.32 Å². The molecule has 0 radical (unpaired) electrons. The number of hydrogen-bond donors (Lipinski definition) is 1. The van der Waals surface area contributed by atoms with Crippen LogP contribution in [0.3, 0.4) is 0 Å². The molecule has 0 bridgehead atoms. The Morgan fingerprint density at radius 1 is 1.15 bits per heavy atom.